The number of hydrogen-bond acceptors (Lipinski definition) is 3. The summed E-state index contributed by atoms with van der Waals surface area (Å²) < 4.78 is 1.72. The first-order valence-corrected chi connectivity index (χ1v) is 9.69. The lowest BCUT2D eigenvalue weighted by Crippen LogP contribution is -2.57. The van der Waals surface area contributed by atoms with Crippen molar-refractivity contribution in [2.75, 3.05) is 19.6 Å². The standard InChI is InChI=1S/C20H30N4O2/c1-15(2)8-11-24-18-9-10-23(14-17(18)5-7-20(24)26)19(25)6-4-16-12-21-22(3)13-16/h4,6,12-13,15,17-18H,5,7-11,14H2,1-3H3/t17-,18+/m0/s1. The number of rotatable bonds is 5. The number of hydrogen-bond donors (Lipinski definition) is 0. The Hall–Kier alpha value is -2.11. The lowest BCUT2D eigenvalue weighted by molar-refractivity contribution is -0.143. The van der Waals surface area contributed by atoms with Crippen molar-refractivity contribution in [3.05, 3.63) is 24.0 Å². The van der Waals surface area contributed by atoms with E-state index in [1.807, 2.05) is 24.2 Å². The van der Waals surface area contributed by atoms with Gasteiger partial charge < -0.3 is 9.80 Å². The number of carbonyl (C=O) groups excluding carboxylic acids is 2. The van der Waals surface area contributed by atoms with Crippen LogP contribution in [0.25, 0.3) is 6.08 Å². The zero-order chi connectivity index (χ0) is 18.7. The van der Waals surface area contributed by atoms with Gasteiger partial charge in [-0.05, 0) is 37.2 Å². The second kappa shape index (κ2) is 8.06. The van der Waals surface area contributed by atoms with E-state index in [1.54, 1.807) is 17.0 Å². The molecular formula is C20H30N4O2. The molecule has 2 aliphatic rings. The van der Waals surface area contributed by atoms with E-state index < -0.39 is 0 Å². The molecule has 0 unspecified atom stereocenters. The molecule has 3 heterocycles. The second-order valence-electron chi connectivity index (χ2n) is 7.99. The molecule has 0 bridgehead atoms. The Bertz CT molecular complexity index is 679. The molecule has 26 heavy (non-hydrogen) atoms. The summed E-state index contributed by atoms with van der Waals surface area (Å²) >= 11 is 0. The quantitative estimate of drug-likeness (QED) is 0.759. The monoisotopic (exact) mass is 358 g/mol. The minimum absolute atomic E-state index is 0.0536. The summed E-state index contributed by atoms with van der Waals surface area (Å²) in [7, 11) is 1.86. The van der Waals surface area contributed by atoms with E-state index in [0.29, 0.717) is 30.2 Å². The number of aromatic nitrogens is 2. The number of likely N-dealkylation sites (tertiary alicyclic amines) is 2. The zero-order valence-electron chi connectivity index (χ0n) is 16.1. The van der Waals surface area contributed by atoms with Crippen LogP contribution < -0.4 is 0 Å². The Labute approximate surface area is 155 Å². The molecule has 6 nitrogen and oxygen atoms in total. The molecule has 2 amide bonds. The molecule has 2 fully saturated rings. The van der Waals surface area contributed by atoms with Crippen LogP contribution in [0.3, 0.4) is 0 Å². The van der Waals surface area contributed by atoms with Crippen molar-refractivity contribution in [3.8, 4) is 0 Å². The van der Waals surface area contributed by atoms with E-state index >= 15 is 0 Å². The summed E-state index contributed by atoms with van der Waals surface area (Å²) in [5.41, 5.74) is 0.929. The lowest BCUT2D eigenvalue weighted by Gasteiger charge is -2.47. The summed E-state index contributed by atoms with van der Waals surface area (Å²) in [5, 5.41) is 4.11. The van der Waals surface area contributed by atoms with Gasteiger partial charge in [0.15, 0.2) is 0 Å². The fourth-order valence-corrected chi connectivity index (χ4v) is 4.04. The third kappa shape index (κ3) is 4.34. The van der Waals surface area contributed by atoms with Crippen molar-refractivity contribution in [3.63, 3.8) is 0 Å². The first-order valence-electron chi connectivity index (χ1n) is 9.69. The van der Waals surface area contributed by atoms with Crippen LogP contribution in [-0.4, -0.2) is 57.1 Å². The topological polar surface area (TPSA) is 58.4 Å². The highest BCUT2D eigenvalue weighted by Gasteiger charge is 2.39. The molecule has 0 saturated carbocycles. The maximum absolute atomic E-state index is 12.5. The SMILES string of the molecule is CC(C)CCN1C(=O)CC[C@H]2CN(C(=O)C=Cc3cnn(C)c3)CC[C@H]21. The smallest absolute Gasteiger partial charge is 0.246 e. The lowest BCUT2D eigenvalue weighted by atomic mass is 9.83. The van der Waals surface area contributed by atoms with Gasteiger partial charge >= 0.3 is 0 Å². The van der Waals surface area contributed by atoms with Gasteiger partial charge in [-0.25, -0.2) is 0 Å². The molecular weight excluding hydrogens is 328 g/mol. The Morgan fingerprint density at radius 1 is 1.38 bits per heavy atom. The number of fused-ring (bicyclic) bond motifs is 1. The normalized spacial score (nSPS) is 23.8. The van der Waals surface area contributed by atoms with Crippen LogP contribution in [0, 0.1) is 11.8 Å². The number of amides is 2. The van der Waals surface area contributed by atoms with Crippen LogP contribution >= 0.6 is 0 Å². The molecule has 2 atom stereocenters. The molecule has 1 aromatic rings. The van der Waals surface area contributed by atoms with Gasteiger partial charge in [0.25, 0.3) is 0 Å². The molecule has 6 heteroatoms. The highest BCUT2D eigenvalue weighted by Crippen LogP contribution is 2.31. The molecule has 2 aliphatic heterocycles. The van der Waals surface area contributed by atoms with Gasteiger partial charge in [-0.15, -0.1) is 0 Å². The van der Waals surface area contributed by atoms with Crippen molar-refractivity contribution in [2.24, 2.45) is 18.9 Å². The van der Waals surface area contributed by atoms with E-state index in [1.165, 1.54) is 0 Å². The largest absolute Gasteiger partial charge is 0.339 e. The van der Waals surface area contributed by atoms with Crippen molar-refractivity contribution < 1.29 is 9.59 Å². The van der Waals surface area contributed by atoms with E-state index in [0.717, 1.165) is 44.5 Å². The number of piperidine rings is 2. The molecule has 1 aromatic heterocycles. The molecule has 0 aliphatic carbocycles. The summed E-state index contributed by atoms with van der Waals surface area (Å²) in [4.78, 5) is 28.9. The third-order valence-electron chi connectivity index (χ3n) is 5.55. The Balaban J connectivity index is 1.59. The van der Waals surface area contributed by atoms with Crippen LogP contribution in [0.2, 0.25) is 0 Å². The molecule has 3 rings (SSSR count). The van der Waals surface area contributed by atoms with Gasteiger partial charge in [-0.3, -0.25) is 14.3 Å². The van der Waals surface area contributed by atoms with Gasteiger partial charge in [0.1, 0.15) is 0 Å². The molecule has 0 aromatic carbocycles. The van der Waals surface area contributed by atoms with E-state index in [4.69, 9.17) is 0 Å². The minimum Gasteiger partial charge on any atom is -0.339 e. The van der Waals surface area contributed by atoms with Crippen LogP contribution in [0.4, 0.5) is 0 Å². The second-order valence-corrected chi connectivity index (χ2v) is 7.99. The first-order chi connectivity index (χ1) is 12.4. The van der Waals surface area contributed by atoms with E-state index in [2.05, 4.69) is 23.8 Å². The van der Waals surface area contributed by atoms with Crippen molar-refractivity contribution in [1.29, 1.82) is 0 Å². The fraction of sp³-hybridized carbons (Fsp3) is 0.650. The number of aryl methyl sites for hydroxylation is 1. The van der Waals surface area contributed by atoms with Crippen molar-refractivity contribution in [1.82, 2.24) is 19.6 Å². The molecule has 0 radical (unpaired) electrons. The van der Waals surface area contributed by atoms with E-state index in [-0.39, 0.29) is 5.91 Å². The first kappa shape index (κ1) is 18.7. The average molecular weight is 358 g/mol. The molecule has 0 N–H and O–H groups in total. The highest BCUT2D eigenvalue weighted by molar-refractivity contribution is 5.91. The van der Waals surface area contributed by atoms with Gasteiger partial charge in [0, 0.05) is 57.0 Å². The predicted molar refractivity (Wildman–Crippen MR) is 101 cm³/mol. The zero-order valence-corrected chi connectivity index (χ0v) is 16.1. The summed E-state index contributed by atoms with van der Waals surface area (Å²) in [6.07, 6.45) is 10.5. The molecule has 0 spiro atoms. The average Bonchev–Trinajstić information content (AvgIpc) is 3.03. The fourth-order valence-electron chi connectivity index (χ4n) is 4.04. The molecule has 142 valence electrons. The van der Waals surface area contributed by atoms with Crippen LogP contribution in [0.15, 0.2) is 18.5 Å². The van der Waals surface area contributed by atoms with Crippen molar-refractivity contribution in [2.45, 2.75) is 45.6 Å². The Morgan fingerprint density at radius 3 is 2.88 bits per heavy atom. The van der Waals surface area contributed by atoms with Gasteiger partial charge in [-0.2, -0.15) is 5.10 Å². The van der Waals surface area contributed by atoms with Crippen LogP contribution in [0.5, 0.6) is 0 Å². The Kier molecular flexibility index (Phi) is 5.79. The Morgan fingerprint density at radius 2 is 2.19 bits per heavy atom. The summed E-state index contributed by atoms with van der Waals surface area (Å²) in [6, 6.07) is 0.307. The summed E-state index contributed by atoms with van der Waals surface area (Å²) in [5.74, 6) is 1.35. The highest BCUT2D eigenvalue weighted by atomic mass is 16.2. The minimum atomic E-state index is 0.0536. The number of carbonyl (C=O) groups is 2. The van der Waals surface area contributed by atoms with Crippen molar-refractivity contribution >= 4 is 17.9 Å². The summed E-state index contributed by atoms with van der Waals surface area (Å²) in [6.45, 7) is 6.73. The number of nitrogens with zero attached hydrogens (tertiary/aromatic N) is 4. The van der Waals surface area contributed by atoms with Gasteiger partial charge in [0.2, 0.25) is 11.8 Å². The maximum Gasteiger partial charge on any atom is 0.246 e. The van der Waals surface area contributed by atoms with Gasteiger partial charge in [0.05, 0.1) is 6.20 Å². The maximum atomic E-state index is 12.5. The molecule has 2 saturated heterocycles. The third-order valence-corrected chi connectivity index (χ3v) is 5.55. The van der Waals surface area contributed by atoms with Gasteiger partial charge in [-0.1, -0.05) is 13.8 Å². The predicted octanol–water partition coefficient (Wildman–Crippen LogP) is 2.32. The van der Waals surface area contributed by atoms with E-state index in [9.17, 15) is 9.59 Å². The van der Waals surface area contributed by atoms with Crippen LogP contribution in [-0.2, 0) is 16.6 Å². The van der Waals surface area contributed by atoms with Crippen LogP contribution in [0.1, 0.15) is 45.1 Å².